The maximum Gasteiger partial charge on any atom is 0.257 e. The Bertz CT molecular complexity index is 563. The molecule has 2 heteroatoms. The first-order valence-electron chi connectivity index (χ1n) is 16.8. The normalized spacial score (nSPS) is 13.3. The summed E-state index contributed by atoms with van der Waals surface area (Å²) in [5.74, 6) is 2.22. The van der Waals surface area contributed by atoms with Gasteiger partial charge in [0.1, 0.15) is 12.4 Å². The summed E-state index contributed by atoms with van der Waals surface area (Å²) in [6.45, 7) is 9.39. The molecule has 0 saturated carbocycles. The smallest absolute Gasteiger partial charge is 0.247 e. The maximum absolute atomic E-state index is 3.68. The molecule has 0 fully saturated rings. The maximum atomic E-state index is 3.68. The van der Waals surface area contributed by atoms with Crippen molar-refractivity contribution >= 4 is 0 Å². The molecule has 0 aliphatic rings. The largest absolute Gasteiger partial charge is 0.257 e. The molecule has 2 unspecified atom stereocenters. The van der Waals surface area contributed by atoms with Gasteiger partial charge in [0.15, 0.2) is 0 Å². The van der Waals surface area contributed by atoms with Crippen LogP contribution >= 0.6 is 0 Å². The van der Waals surface area contributed by atoms with E-state index >= 15 is 0 Å². The average Bonchev–Trinajstić information content (AvgIpc) is 3.38. The minimum absolute atomic E-state index is 0.623. The molecule has 36 heavy (non-hydrogen) atoms. The lowest BCUT2D eigenvalue weighted by Crippen LogP contribution is -2.41. The third kappa shape index (κ3) is 16.9. The summed E-state index contributed by atoms with van der Waals surface area (Å²) < 4.78 is 2.60. The molecule has 1 heterocycles. The highest BCUT2D eigenvalue weighted by atomic mass is 15.1. The molecular weight excluding hydrogens is 436 g/mol. The summed E-state index contributed by atoms with van der Waals surface area (Å²) in [6.07, 6.45) is 39.8. The first-order chi connectivity index (χ1) is 17.7. The van der Waals surface area contributed by atoms with Crippen molar-refractivity contribution in [2.45, 2.75) is 200 Å². The number of aromatic amines is 1. The minimum atomic E-state index is 0.623. The van der Waals surface area contributed by atoms with Crippen molar-refractivity contribution in [2.24, 2.45) is 0 Å². The monoisotopic (exact) mass is 504 g/mol. The van der Waals surface area contributed by atoms with Gasteiger partial charge >= 0.3 is 0 Å². The van der Waals surface area contributed by atoms with Gasteiger partial charge in [-0.25, -0.2) is 9.55 Å². The van der Waals surface area contributed by atoms with Crippen LogP contribution in [0.25, 0.3) is 0 Å². The first-order valence-corrected chi connectivity index (χ1v) is 16.8. The molecule has 0 spiro atoms. The molecule has 1 rings (SSSR count). The molecule has 0 aliphatic heterocycles. The predicted octanol–water partition coefficient (Wildman–Crippen LogP) is 11.8. The summed E-state index contributed by atoms with van der Waals surface area (Å²) in [5, 5.41) is 0. The van der Waals surface area contributed by atoms with Crippen LogP contribution in [0.1, 0.15) is 206 Å². The second-order valence-electron chi connectivity index (χ2n) is 11.9. The lowest BCUT2D eigenvalue weighted by Gasteiger charge is -2.17. The number of rotatable bonds is 27. The lowest BCUT2D eigenvalue weighted by molar-refractivity contribution is -0.727. The van der Waals surface area contributed by atoms with E-state index in [-0.39, 0.29) is 0 Å². The standard InChI is InChI=1S/C34H66N2/c1-5-8-11-13-15-16-17-18-19-20-22-24-26-29-33(28-10-7-3)34-35-30-31-36(34)32(4)27-25-23-21-14-12-9-6-2/h30-33H,5-29H2,1-4H3/p+1. The SMILES string of the molecule is CCCCCCCCCCCCCCCC(CCCC)c1[nH]cc[n+]1C(C)CCCCCCCCC. The van der Waals surface area contributed by atoms with E-state index in [2.05, 4.69) is 49.6 Å². The number of nitrogens with zero attached hydrogens (tertiary/aromatic N) is 1. The molecule has 0 saturated heterocycles. The molecule has 0 aromatic carbocycles. The van der Waals surface area contributed by atoms with Crippen LogP contribution in [0.3, 0.4) is 0 Å². The van der Waals surface area contributed by atoms with E-state index in [4.69, 9.17) is 0 Å². The third-order valence-corrected chi connectivity index (χ3v) is 8.39. The van der Waals surface area contributed by atoms with Crippen molar-refractivity contribution in [3.05, 3.63) is 18.2 Å². The summed E-state index contributed by atoms with van der Waals surface area (Å²) in [6, 6.07) is 0.623. The third-order valence-electron chi connectivity index (χ3n) is 8.39. The fraction of sp³-hybridized carbons (Fsp3) is 0.912. The quantitative estimate of drug-likeness (QED) is 0.0909. The van der Waals surface area contributed by atoms with Gasteiger partial charge in [-0.3, -0.25) is 0 Å². The van der Waals surface area contributed by atoms with Crippen LogP contribution in [0.2, 0.25) is 0 Å². The van der Waals surface area contributed by atoms with Gasteiger partial charge in [0.25, 0.3) is 5.82 Å². The number of H-pyrrole nitrogens is 1. The van der Waals surface area contributed by atoms with E-state index in [1.165, 1.54) is 166 Å². The van der Waals surface area contributed by atoms with E-state index in [1.807, 2.05) is 0 Å². The number of imidazole rings is 1. The molecule has 1 N–H and O–H groups in total. The zero-order valence-corrected chi connectivity index (χ0v) is 25.4. The van der Waals surface area contributed by atoms with Gasteiger partial charge in [-0.2, -0.15) is 0 Å². The molecule has 2 nitrogen and oxygen atoms in total. The summed E-state index contributed by atoms with van der Waals surface area (Å²) >= 11 is 0. The number of hydrogen-bond donors (Lipinski definition) is 1. The lowest BCUT2D eigenvalue weighted by atomic mass is 9.93. The second-order valence-corrected chi connectivity index (χ2v) is 11.9. The molecule has 0 amide bonds. The van der Waals surface area contributed by atoms with E-state index in [0.717, 1.165) is 0 Å². The number of nitrogens with one attached hydrogen (secondary N) is 1. The van der Waals surface area contributed by atoms with E-state index in [9.17, 15) is 0 Å². The van der Waals surface area contributed by atoms with Crippen LogP contribution in [0.4, 0.5) is 0 Å². The van der Waals surface area contributed by atoms with Gasteiger partial charge in [-0.15, -0.1) is 0 Å². The molecule has 0 aliphatic carbocycles. The van der Waals surface area contributed by atoms with Gasteiger partial charge in [-0.1, -0.05) is 156 Å². The molecular formula is C34H67N2+. The van der Waals surface area contributed by atoms with Gasteiger partial charge in [0.05, 0.1) is 12.0 Å². The Morgan fingerprint density at radius 2 is 0.917 bits per heavy atom. The fourth-order valence-corrected chi connectivity index (χ4v) is 5.88. The van der Waals surface area contributed by atoms with Crippen LogP contribution in [0.5, 0.6) is 0 Å². The molecule has 0 bridgehead atoms. The van der Waals surface area contributed by atoms with Gasteiger partial charge < -0.3 is 0 Å². The van der Waals surface area contributed by atoms with Gasteiger partial charge in [0, 0.05) is 0 Å². The van der Waals surface area contributed by atoms with Crippen LogP contribution in [0, 0.1) is 0 Å². The molecule has 212 valence electrons. The topological polar surface area (TPSA) is 19.7 Å². The van der Waals surface area contributed by atoms with Crippen LogP contribution in [-0.4, -0.2) is 4.98 Å². The summed E-state index contributed by atoms with van der Waals surface area (Å²) in [4.78, 5) is 3.68. The van der Waals surface area contributed by atoms with Crippen molar-refractivity contribution in [3.63, 3.8) is 0 Å². The van der Waals surface area contributed by atoms with E-state index in [0.29, 0.717) is 12.0 Å². The van der Waals surface area contributed by atoms with Crippen LogP contribution in [0.15, 0.2) is 12.4 Å². The Hall–Kier alpha value is -0.790. The Kier molecular flexibility index (Phi) is 22.7. The highest BCUT2D eigenvalue weighted by Crippen LogP contribution is 2.26. The van der Waals surface area contributed by atoms with Gasteiger partial charge in [0.2, 0.25) is 0 Å². The average molecular weight is 504 g/mol. The highest BCUT2D eigenvalue weighted by molar-refractivity contribution is 4.90. The summed E-state index contributed by atoms with van der Waals surface area (Å²) in [5.41, 5.74) is 0. The molecule has 1 aromatic heterocycles. The van der Waals surface area contributed by atoms with E-state index in [1.54, 1.807) is 0 Å². The predicted molar refractivity (Wildman–Crippen MR) is 161 cm³/mol. The number of unbranched alkanes of at least 4 members (excludes halogenated alkanes) is 19. The first kappa shape index (κ1) is 33.2. The molecule has 2 atom stereocenters. The fourth-order valence-electron chi connectivity index (χ4n) is 5.88. The Labute approximate surface area is 227 Å². The van der Waals surface area contributed by atoms with Gasteiger partial charge in [-0.05, 0) is 32.6 Å². The van der Waals surface area contributed by atoms with Crippen molar-refractivity contribution in [3.8, 4) is 0 Å². The van der Waals surface area contributed by atoms with Crippen molar-refractivity contribution in [1.29, 1.82) is 0 Å². The van der Waals surface area contributed by atoms with Crippen molar-refractivity contribution in [2.75, 3.05) is 0 Å². The Morgan fingerprint density at radius 1 is 0.528 bits per heavy atom. The Balaban J connectivity index is 2.26. The van der Waals surface area contributed by atoms with Crippen LogP contribution in [-0.2, 0) is 0 Å². The highest BCUT2D eigenvalue weighted by Gasteiger charge is 2.25. The number of aromatic nitrogens is 2. The number of hydrogen-bond acceptors (Lipinski definition) is 0. The molecule has 1 aromatic rings. The Morgan fingerprint density at radius 3 is 1.39 bits per heavy atom. The van der Waals surface area contributed by atoms with Crippen LogP contribution < -0.4 is 4.57 Å². The van der Waals surface area contributed by atoms with Crippen molar-refractivity contribution in [1.82, 2.24) is 4.98 Å². The molecule has 0 radical (unpaired) electrons. The van der Waals surface area contributed by atoms with Crippen molar-refractivity contribution < 1.29 is 4.57 Å². The van der Waals surface area contributed by atoms with E-state index < -0.39 is 0 Å². The summed E-state index contributed by atoms with van der Waals surface area (Å²) in [7, 11) is 0. The zero-order chi connectivity index (χ0) is 26.1. The second kappa shape index (κ2) is 24.5. The minimum Gasteiger partial charge on any atom is -0.247 e. The zero-order valence-electron chi connectivity index (χ0n) is 25.4.